The molecule has 0 aliphatic carbocycles. The molecule has 14 heteroatoms. The maximum absolute atomic E-state index is 12.0. The number of rotatable bonds is 10. The molecule has 0 aliphatic heterocycles. The Bertz CT molecular complexity index is 1070. The Labute approximate surface area is 179 Å². The molecule has 162 valence electrons. The third-order valence-electron chi connectivity index (χ3n) is 3.72. The Morgan fingerprint density at radius 3 is 2.65 bits per heavy atom. The normalized spacial score (nSPS) is 10.5. The Balaban J connectivity index is 1.34. The van der Waals surface area contributed by atoms with Gasteiger partial charge in [-0.05, 0) is 12.1 Å². The molecule has 0 fully saturated rings. The fourth-order valence-electron chi connectivity index (χ4n) is 2.30. The predicted octanol–water partition coefficient (Wildman–Crippen LogP) is 0.801. The van der Waals surface area contributed by atoms with Gasteiger partial charge in [-0.2, -0.15) is 10.1 Å². The highest BCUT2D eigenvalue weighted by molar-refractivity contribution is 6.30. The Hall–Kier alpha value is -4.00. The molecule has 2 heterocycles. The van der Waals surface area contributed by atoms with Crippen molar-refractivity contribution in [3.63, 3.8) is 0 Å². The van der Waals surface area contributed by atoms with E-state index >= 15 is 0 Å². The Morgan fingerprint density at radius 1 is 1.23 bits per heavy atom. The highest BCUT2D eigenvalue weighted by atomic mass is 35.5. The molecule has 2 amide bonds. The van der Waals surface area contributed by atoms with Gasteiger partial charge >= 0.3 is 11.8 Å². The minimum absolute atomic E-state index is 0.0771. The number of nitrogens with one attached hydrogen (secondary N) is 2. The number of amides is 2. The molecule has 3 rings (SSSR count). The number of nitro benzene ring substituents is 1. The SMILES string of the molecule is O=C(COc1ccc([N+](=O)[O-])cc1)NCCNC(=O)c1nc(Cn2cc(Cl)cn2)no1. The summed E-state index contributed by atoms with van der Waals surface area (Å²) in [7, 11) is 0. The third-order valence-corrected chi connectivity index (χ3v) is 3.91. The minimum atomic E-state index is -0.589. The summed E-state index contributed by atoms with van der Waals surface area (Å²) >= 11 is 5.77. The minimum Gasteiger partial charge on any atom is -0.484 e. The number of halogens is 1. The molecule has 0 radical (unpaired) electrons. The molecule has 3 aromatic rings. The zero-order valence-electron chi connectivity index (χ0n) is 15.9. The van der Waals surface area contributed by atoms with Crippen LogP contribution in [0, 0.1) is 10.1 Å². The van der Waals surface area contributed by atoms with Crippen LogP contribution in [0.15, 0.2) is 41.2 Å². The molecule has 1 aromatic carbocycles. The van der Waals surface area contributed by atoms with Gasteiger partial charge in [-0.15, -0.1) is 0 Å². The van der Waals surface area contributed by atoms with Crippen LogP contribution in [-0.4, -0.2) is 56.4 Å². The highest BCUT2D eigenvalue weighted by Gasteiger charge is 2.15. The average molecular weight is 450 g/mol. The summed E-state index contributed by atoms with van der Waals surface area (Å²) in [6.07, 6.45) is 3.03. The number of carbonyl (C=O) groups excluding carboxylic acids is 2. The van der Waals surface area contributed by atoms with Gasteiger partial charge < -0.3 is 19.9 Å². The van der Waals surface area contributed by atoms with Crippen LogP contribution in [0.4, 0.5) is 5.69 Å². The molecule has 13 nitrogen and oxygen atoms in total. The second kappa shape index (κ2) is 10.2. The Kier molecular flexibility index (Phi) is 7.11. The molecular formula is C17H16ClN7O6. The monoisotopic (exact) mass is 449 g/mol. The van der Waals surface area contributed by atoms with Gasteiger partial charge in [-0.25, -0.2) is 0 Å². The molecule has 31 heavy (non-hydrogen) atoms. The maximum Gasteiger partial charge on any atom is 0.316 e. The molecule has 0 aliphatic rings. The number of aromatic nitrogens is 4. The predicted molar refractivity (Wildman–Crippen MR) is 105 cm³/mol. The standard InChI is InChI=1S/C17H16ClN7O6/c18-11-7-21-24(8-11)9-14-22-17(31-23-14)16(27)20-6-5-19-15(26)10-30-13-3-1-12(2-4-13)25(28)29/h1-4,7-8H,5-6,9-10H2,(H,19,26)(H,20,27). The van der Waals surface area contributed by atoms with Gasteiger partial charge in [0.1, 0.15) is 12.3 Å². The van der Waals surface area contributed by atoms with Crippen molar-refractivity contribution in [2.45, 2.75) is 6.54 Å². The molecule has 0 spiro atoms. The van der Waals surface area contributed by atoms with Crippen molar-refractivity contribution < 1.29 is 23.8 Å². The van der Waals surface area contributed by atoms with E-state index in [1.165, 1.54) is 35.1 Å². The second-order valence-corrected chi connectivity index (χ2v) is 6.45. The summed E-state index contributed by atoms with van der Waals surface area (Å²) in [4.78, 5) is 37.8. The van der Waals surface area contributed by atoms with Crippen LogP contribution in [0.2, 0.25) is 5.02 Å². The first kappa shape index (κ1) is 21.7. The smallest absolute Gasteiger partial charge is 0.316 e. The molecule has 0 saturated heterocycles. The van der Waals surface area contributed by atoms with E-state index in [0.29, 0.717) is 10.8 Å². The largest absolute Gasteiger partial charge is 0.484 e. The number of benzene rings is 1. The van der Waals surface area contributed by atoms with E-state index in [2.05, 4.69) is 25.9 Å². The van der Waals surface area contributed by atoms with E-state index in [4.69, 9.17) is 20.9 Å². The van der Waals surface area contributed by atoms with Gasteiger partial charge in [0.25, 0.3) is 11.6 Å². The van der Waals surface area contributed by atoms with E-state index in [1.54, 1.807) is 6.20 Å². The van der Waals surface area contributed by atoms with Crippen LogP contribution in [-0.2, 0) is 11.3 Å². The van der Waals surface area contributed by atoms with E-state index in [1.807, 2.05) is 0 Å². The number of ether oxygens (including phenoxy) is 1. The van der Waals surface area contributed by atoms with Gasteiger partial charge in [0.2, 0.25) is 0 Å². The van der Waals surface area contributed by atoms with Crippen LogP contribution in [0.5, 0.6) is 5.75 Å². The second-order valence-electron chi connectivity index (χ2n) is 6.02. The summed E-state index contributed by atoms with van der Waals surface area (Å²) in [5.41, 5.74) is -0.0771. The van der Waals surface area contributed by atoms with Crippen molar-refractivity contribution in [3.8, 4) is 5.75 Å². The van der Waals surface area contributed by atoms with Crippen LogP contribution >= 0.6 is 11.6 Å². The zero-order valence-corrected chi connectivity index (χ0v) is 16.6. The molecule has 0 saturated carbocycles. The van der Waals surface area contributed by atoms with E-state index in [0.717, 1.165) is 0 Å². The molecule has 0 unspecified atom stereocenters. The van der Waals surface area contributed by atoms with Crippen LogP contribution in [0.3, 0.4) is 0 Å². The quantitative estimate of drug-likeness (QED) is 0.258. The Morgan fingerprint density at radius 2 is 1.97 bits per heavy atom. The summed E-state index contributed by atoms with van der Waals surface area (Å²) in [6.45, 7) is 0.167. The van der Waals surface area contributed by atoms with Crippen molar-refractivity contribution in [3.05, 3.63) is 63.5 Å². The first-order valence-corrected chi connectivity index (χ1v) is 9.21. The first-order chi connectivity index (χ1) is 14.9. The third kappa shape index (κ3) is 6.50. The van der Waals surface area contributed by atoms with Gasteiger partial charge in [0.05, 0.1) is 16.1 Å². The number of hydrogen-bond acceptors (Lipinski definition) is 9. The van der Waals surface area contributed by atoms with Crippen molar-refractivity contribution in [1.29, 1.82) is 0 Å². The van der Waals surface area contributed by atoms with Crippen molar-refractivity contribution in [2.75, 3.05) is 19.7 Å². The number of non-ortho nitro benzene ring substituents is 1. The number of hydrogen-bond donors (Lipinski definition) is 2. The topological polar surface area (TPSA) is 167 Å². The highest BCUT2D eigenvalue weighted by Crippen LogP contribution is 2.17. The van der Waals surface area contributed by atoms with Crippen molar-refractivity contribution in [2.24, 2.45) is 0 Å². The van der Waals surface area contributed by atoms with Crippen LogP contribution in [0.25, 0.3) is 0 Å². The summed E-state index contributed by atoms with van der Waals surface area (Å²) in [5.74, 6) is -0.666. The number of nitro groups is 1. The maximum atomic E-state index is 12.0. The van der Waals surface area contributed by atoms with Crippen LogP contribution < -0.4 is 15.4 Å². The number of carbonyl (C=O) groups is 2. The summed E-state index contributed by atoms with van der Waals surface area (Å²) in [5, 5.41) is 23.8. The summed E-state index contributed by atoms with van der Waals surface area (Å²) < 4.78 is 11.6. The van der Waals surface area contributed by atoms with Gasteiger partial charge in [-0.1, -0.05) is 16.8 Å². The molecule has 0 bridgehead atoms. The van der Waals surface area contributed by atoms with Gasteiger partial charge in [0, 0.05) is 31.4 Å². The summed E-state index contributed by atoms with van der Waals surface area (Å²) in [6, 6.07) is 5.34. The molecular weight excluding hydrogens is 434 g/mol. The molecule has 2 aromatic heterocycles. The lowest BCUT2D eigenvalue weighted by Crippen LogP contribution is -2.36. The van der Waals surface area contributed by atoms with Crippen LogP contribution in [0.1, 0.15) is 16.5 Å². The molecule has 0 atom stereocenters. The lowest BCUT2D eigenvalue weighted by Gasteiger charge is -2.07. The molecule has 2 N–H and O–H groups in total. The zero-order chi connectivity index (χ0) is 22.2. The van der Waals surface area contributed by atoms with E-state index < -0.39 is 16.7 Å². The fraction of sp³-hybridized carbons (Fsp3) is 0.235. The van der Waals surface area contributed by atoms with Gasteiger partial charge in [0.15, 0.2) is 12.4 Å². The first-order valence-electron chi connectivity index (χ1n) is 8.83. The van der Waals surface area contributed by atoms with Crippen molar-refractivity contribution >= 4 is 29.1 Å². The van der Waals surface area contributed by atoms with Crippen molar-refractivity contribution in [1.82, 2.24) is 30.6 Å². The van der Waals surface area contributed by atoms with Gasteiger partial charge in [-0.3, -0.25) is 24.4 Å². The lowest BCUT2D eigenvalue weighted by molar-refractivity contribution is -0.384. The van der Waals surface area contributed by atoms with E-state index in [-0.39, 0.29) is 43.6 Å². The average Bonchev–Trinajstić information content (AvgIpc) is 3.39. The number of nitrogens with zero attached hydrogens (tertiary/aromatic N) is 5. The van der Waals surface area contributed by atoms with E-state index in [9.17, 15) is 19.7 Å². The fourth-order valence-corrected chi connectivity index (χ4v) is 2.45. The lowest BCUT2D eigenvalue weighted by atomic mass is 10.3.